The van der Waals surface area contributed by atoms with Crippen molar-refractivity contribution in [3.63, 3.8) is 0 Å². The predicted molar refractivity (Wildman–Crippen MR) is 368 cm³/mol. The predicted octanol–water partition coefficient (Wildman–Crippen LogP) is 3.51. The molecule has 2 heterocycles. The van der Waals surface area contributed by atoms with Crippen molar-refractivity contribution in [3.05, 3.63) is 0 Å². The van der Waals surface area contributed by atoms with Crippen LogP contribution in [0.4, 0.5) is 4.79 Å². The molecule has 0 aromatic heterocycles. The molecule has 29 heteroatoms. The van der Waals surface area contributed by atoms with E-state index in [1.54, 1.807) is 48.5 Å². The van der Waals surface area contributed by atoms with E-state index in [1.807, 2.05) is 41.5 Å². The number of amides is 11. The van der Waals surface area contributed by atoms with Crippen LogP contribution in [-0.2, 0) is 71.7 Å². The van der Waals surface area contributed by atoms with E-state index in [4.69, 9.17) is 14.2 Å². The summed E-state index contributed by atoms with van der Waals surface area (Å²) >= 11 is 0. The molecule has 29 nitrogen and oxygen atoms in total. The van der Waals surface area contributed by atoms with Gasteiger partial charge in [0.15, 0.2) is 0 Å². The van der Waals surface area contributed by atoms with Gasteiger partial charge < -0.3 is 69.6 Å². The van der Waals surface area contributed by atoms with E-state index in [1.165, 1.54) is 77.8 Å². The van der Waals surface area contributed by atoms with E-state index in [2.05, 4.69) is 30.9 Å². The van der Waals surface area contributed by atoms with Gasteiger partial charge in [0, 0.05) is 62.0 Å². The van der Waals surface area contributed by atoms with Crippen LogP contribution in [-0.4, -0.2) is 284 Å². The average Bonchev–Trinajstić information content (AvgIpc) is 0.810. The van der Waals surface area contributed by atoms with Gasteiger partial charge in [-0.3, -0.25) is 62.8 Å². The molecular weight excluding hydrogens is 1270 g/mol. The second-order valence-electron chi connectivity index (χ2n) is 28.7. The maximum absolute atomic E-state index is 15.2. The summed E-state index contributed by atoms with van der Waals surface area (Å²) in [6.07, 6.45) is 0.463. The minimum absolute atomic E-state index is 0.0515. The van der Waals surface area contributed by atoms with Gasteiger partial charge in [-0.25, -0.2) is 9.86 Å². The maximum atomic E-state index is 15.2. The lowest BCUT2D eigenvalue weighted by atomic mass is 9.92. The molecular formula is C69H124N12O17. The molecule has 0 spiro atoms. The zero-order valence-corrected chi connectivity index (χ0v) is 63.3. The number of hydrogen-bond donors (Lipinski definition) is 5. The van der Waals surface area contributed by atoms with Crippen LogP contribution in [0.25, 0.3) is 0 Å². The van der Waals surface area contributed by atoms with Gasteiger partial charge in [0.25, 0.3) is 5.91 Å². The number of hydrogen-bond acceptors (Lipinski definition) is 18. The Hall–Kier alpha value is -6.72. The first-order valence-electron chi connectivity index (χ1n) is 35.2. The monoisotopic (exact) mass is 1390 g/mol. The zero-order valence-electron chi connectivity index (χ0n) is 63.3. The van der Waals surface area contributed by atoms with Gasteiger partial charge in [-0.2, -0.15) is 0 Å². The quantitative estimate of drug-likeness (QED) is 0.0588. The maximum Gasteiger partial charge on any atom is 0.507 e. The van der Waals surface area contributed by atoms with Crippen LogP contribution in [0.1, 0.15) is 169 Å². The van der Waals surface area contributed by atoms with Crippen molar-refractivity contribution in [1.82, 2.24) is 60.6 Å². The summed E-state index contributed by atoms with van der Waals surface area (Å²) in [4.78, 5) is 184. The van der Waals surface area contributed by atoms with Crippen LogP contribution in [0.5, 0.6) is 0 Å². The molecule has 0 aromatic rings. The second kappa shape index (κ2) is 41.8. The first-order valence-corrected chi connectivity index (χ1v) is 35.2. The van der Waals surface area contributed by atoms with E-state index >= 15 is 24.0 Å². The SMILES string of the molecule is CC[C@@H]1NC(=O)[C@H]([C@H](C)CCCCOC(=O)OC)N(O)C(=O)C(C(C)C)N(C)C(=O)[C@H](CC(C)C)N(C)C(=O)[C@H](CC(C)C)N(C)C(=O)[C@@H](C)NC(=O)[C@H](C)NC(=O)[C@H](CC(C)C)N(C)C(=O)[C@H](C(C)C)NC(=O)C([C@@H](C)OCCCCN2CCOCC2)N(C)C(=O)[C@@H](C)N(C)C1=O. The molecule has 2 aliphatic rings. The number of carbonyl (C=O) groups is 12. The Balaban J connectivity index is 3.00. The van der Waals surface area contributed by atoms with Crippen LogP contribution in [0.2, 0.25) is 0 Å². The summed E-state index contributed by atoms with van der Waals surface area (Å²) in [5, 5.41) is 23.6. The van der Waals surface area contributed by atoms with E-state index in [0.717, 1.165) is 47.9 Å². The third kappa shape index (κ3) is 25.5. The van der Waals surface area contributed by atoms with Gasteiger partial charge in [0.05, 0.1) is 33.0 Å². The number of hydroxylamine groups is 2. The molecule has 11 amide bonds. The van der Waals surface area contributed by atoms with E-state index in [-0.39, 0.29) is 74.6 Å². The molecule has 98 heavy (non-hydrogen) atoms. The lowest BCUT2D eigenvalue weighted by molar-refractivity contribution is -0.192. The Bertz CT molecular complexity index is 2640. The third-order valence-corrected chi connectivity index (χ3v) is 18.6. The number of likely N-dealkylation sites (N-methyl/N-ethyl adjacent to an activating group) is 6. The molecule has 0 radical (unpaired) electrons. The first-order chi connectivity index (χ1) is 45.7. The fourth-order valence-electron chi connectivity index (χ4n) is 12.4. The van der Waals surface area contributed by atoms with Crippen molar-refractivity contribution >= 4 is 71.1 Å². The molecule has 2 saturated heterocycles. The number of rotatable bonds is 22. The van der Waals surface area contributed by atoms with Crippen LogP contribution >= 0.6 is 0 Å². The number of methoxy groups -OCH3 is 1. The number of carbonyl (C=O) groups excluding carboxylic acids is 12. The summed E-state index contributed by atoms with van der Waals surface area (Å²) in [5.74, 6) is -11.2. The molecule has 562 valence electrons. The lowest BCUT2D eigenvalue weighted by Gasteiger charge is -2.40. The minimum Gasteiger partial charge on any atom is -0.438 e. The van der Waals surface area contributed by atoms with Crippen molar-refractivity contribution in [1.29, 1.82) is 0 Å². The Kier molecular flexibility index (Phi) is 37.2. The second-order valence-corrected chi connectivity index (χ2v) is 28.7. The van der Waals surface area contributed by atoms with Gasteiger partial charge >= 0.3 is 6.16 Å². The molecule has 13 atom stereocenters. The topological polar surface area (TPSA) is 336 Å². The number of morpholine rings is 1. The van der Waals surface area contributed by atoms with Crippen molar-refractivity contribution in [3.8, 4) is 0 Å². The summed E-state index contributed by atoms with van der Waals surface area (Å²) in [6, 6.07) is -14.7. The van der Waals surface area contributed by atoms with Crippen LogP contribution in [0, 0.1) is 35.5 Å². The molecule has 2 rings (SSSR count). The van der Waals surface area contributed by atoms with Crippen molar-refractivity contribution in [2.45, 2.75) is 241 Å². The van der Waals surface area contributed by atoms with Gasteiger partial charge in [0.2, 0.25) is 59.1 Å². The van der Waals surface area contributed by atoms with Gasteiger partial charge in [-0.15, -0.1) is 0 Å². The molecule has 5 N–H and O–H groups in total. The van der Waals surface area contributed by atoms with Crippen molar-refractivity contribution in [2.24, 2.45) is 35.5 Å². The van der Waals surface area contributed by atoms with Crippen LogP contribution in [0.15, 0.2) is 0 Å². The molecule has 0 aliphatic carbocycles. The zero-order chi connectivity index (χ0) is 74.9. The fourth-order valence-corrected chi connectivity index (χ4v) is 12.4. The Morgan fingerprint density at radius 1 is 0.510 bits per heavy atom. The lowest BCUT2D eigenvalue weighted by Crippen LogP contribution is -2.63. The highest BCUT2D eigenvalue weighted by Gasteiger charge is 2.46. The van der Waals surface area contributed by atoms with E-state index in [9.17, 15) is 38.8 Å². The van der Waals surface area contributed by atoms with Gasteiger partial charge in [-0.1, -0.05) is 83.1 Å². The molecule has 0 saturated carbocycles. The molecule has 0 bridgehead atoms. The smallest absolute Gasteiger partial charge is 0.438 e. The van der Waals surface area contributed by atoms with Crippen LogP contribution in [0.3, 0.4) is 0 Å². The standard InChI is InChI=1S/C69H124N12O17/c1-24-50-64(88)74(17)48(15)63(87)79(22)57(49(16)97-33-28-26-30-80-31-35-96-36-32-80)61(85)73-54(43(8)9)67(91)75(18)51(37-40(2)3)59(83)70-46(13)58(82)71-47(14)62(86)76(19)52(38-41(4)5)65(89)77(20)53(39-42(6)7)66(90)78(21)55(44(10)11)68(92)81(94)56(60(84)72-50)45(12)29-25-27-34-98-69(93)95-23/h40-57,94H,24-39H2,1-23H3,(H,70,83)(H,71,82)(H,72,84)(H,73,85)/t45-,46+,47-,48-,49-,50+,51+,52+,53+,54+,55?,56+,57?/m1/s1. The summed E-state index contributed by atoms with van der Waals surface area (Å²) in [7, 11) is 9.51. The Labute approximate surface area is 583 Å². The normalized spacial score (nSPS) is 26.6. The first kappa shape index (κ1) is 87.4. The number of nitrogens with one attached hydrogen (secondary N) is 4. The highest BCUT2D eigenvalue weighted by atomic mass is 16.7. The highest BCUT2D eigenvalue weighted by molar-refractivity contribution is 6.00. The number of nitrogens with zero attached hydrogens (tertiary/aromatic N) is 8. The molecule has 0 aromatic carbocycles. The average molecular weight is 1390 g/mol. The Morgan fingerprint density at radius 2 is 1.00 bits per heavy atom. The van der Waals surface area contributed by atoms with Gasteiger partial charge in [-0.05, 0) is 128 Å². The highest BCUT2D eigenvalue weighted by Crippen LogP contribution is 2.26. The van der Waals surface area contributed by atoms with Crippen LogP contribution < -0.4 is 21.3 Å². The summed E-state index contributed by atoms with van der Waals surface area (Å²) < 4.78 is 21.5. The molecule has 2 aliphatic heterocycles. The van der Waals surface area contributed by atoms with E-state index in [0.29, 0.717) is 26.1 Å². The fraction of sp³-hybridized carbons (Fsp3) is 0.826. The molecule has 2 unspecified atom stereocenters. The number of unbranched alkanes of at least 4 members (excludes halogenated alkanes) is 2. The van der Waals surface area contributed by atoms with Gasteiger partial charge in [0.1, 0.15) is 66.5 Å². The van der Waals surface area contributed by atoms with Crippen molar-refractivity contribution in [2.75, 3.05) is 95.5 Å². The minimum atomic E-state index is -1.72. The summed E-state index contributed by atoms with van der Waals surface area (Å²) in [5.41, 5.74) is 0. The Morgan fingerprint density at radius 3 is 1.52 bits per heavy atom. The van der Waals surface area contributed by atoms with Crippen molar-refractivity contribution < 1.29 is 81.7 Å². The summed E-state index contributed by atoms with van der Waals surface area (Å²) in [6.45, 7) is 30.7. The third-order valence-electron chi connectivity index (χ3n) is 18.6. The molecule has 2 fully saturated rings. The largest absolute Gasteiger partial charge is 0.507 e. The van der Waals surface area contributed by atoms with E-state index < -0.39 is 161 Å². The number of ether oxygens (including phenoxy) is 4.